The Balaban J connectivity index is 2.31. The van der Waals surface area contributed by atoms with Gasteiger partial charge in [0.1, 0.15) is 11.5 Å². The number of halogens is 3. The lowest BCUT2D eigenvalue weighted by atomic mass is 10.3. The molecule has 0 fully saturated rings. The Kier molecular flexibility index (Phi) is 3.64. The highest BCUT2D eigenvalue weighted by Crippen LogP contribution is 2.31. The van der Waals surface area contributed by atoms with Gasteiger partial charge in [-0.3, -0.25) is 0 Å². The van der Waals surface area contributed by atoms with Gasteiger partial charge in [0, 0.05) is 12.1 Å². The summed E-state index contributed by atoms with van der Waals surface area (Å²) in [7, 11) is 1.46. The third-order valence-corrected chi connectivity index (χ3v) is 2.27. The number of anilines is 1. The van der Waals surface area contributed by atoms with E-state index in [4.69, 9.17) is 15.2 Å². The third-order valence-electron chi connectivity index (χ3n) is 2.27. The highest BCUT2D eigenvalue weighted by molar-refractivity contribution is 5.36. The van der Waals surface area contributed by atoms with Crippen LogP contribution in [0.25, 0.3) is 0 Å². The SMILES string of the molecule is COc1cccc(Oc2cc(C(F)(F)F)nc(N)n2)c1. The van der Waals surface area contributed by atoms with Crippen LogP contribution in [0.2, 0.25) is 0 Å². The summed E-state index contributed by atoms with van der Waals surface area (Å²) in [5.41, 5.74) is 4.07. The van der Waals surface area contributed by atoms with Crippen molar-refractivity contribution in [1.29, 1.82) is 0 Å². The molecule has 20 heavy (non-hydrogen) atoms. The number of methoxy groups -OCH3 is 1. The minimum absolute atomic E-state index is 0.274. The lowest BCUT2D eigenvalue weighted by molar-refractivity contribution is -0.141. The van der Waals surface area contributed by atoms with Gasteiger partial charge in [0.2, 0.25) is 11.8 Å². The first-order valence-corrected chi connectivity index (χ1v) is 5.42. The number of alkyl halides is 3. The van der Waals surface area contributed by atoms with Crippen LogP contribution >= 0.6 is 0 Å². The number of nitrogens with two attached hydrogens (primary N) is 1. The molecule has 2 rings (SSSR count). The smallest absolute Gasteiger partial charge is 0.433 e. The van der Waals surface area contributed by atoms with Crippen LogP contribution in [0.15, 0.2) is 30.3 Å². The van der Waals surface area contributed by atoms with Crippen LogP contribution in [0.4, 0.5) is 19.1 Å². The van der Waals surface area contributed by atoms with Gasteiger partial charge in [-0.25, -0.2) is 4.98 Å². The van der Waals surface area contributed by atoms with Crippen molar-refractivity contribution < 1.29 is 22.6 Å². The topological polar surface area (TPSA) is 70.3 Å². The summed E-state index contributed by atoms with van der Waals surface area (Å²) < 4.78 is 48.0. The summed E-state index contributed by atoms with van der Waals surface area (Å²) in [4.78, 5) is 6.72. The summed E-state index contributed by atoms with van der Waals surface area (Å²) in [6, 6.07) is 7.03. The highest BCUT2D eigenvalue weighted by Gasteiger charge is 2.33. The van der Waals surface area contributed by atoms with Crippen molar-refractivity contribution in [2.75, 3.05) is 12.8 Å². The van der Waals surface area contributed by atoms with E-state index in [1.807, 2.05) is 0 Å². The molecule has 1 heterocycles. The molecule has 0 saturated carbocycles. The molecular weight excluding hydrogens is 275 g/mol. The molecule has 0 unspecified atom stereocenters. The molecule has 0 radical (unpaired) electrons. The van der Waals surface area contributed by atoms with Gasteiger partial charge in [-0.1, -0.05) is 6.07 Å². The predicted molar refractivity (Wildman–Crippen MR) is 64.5 cm³/mol. The number of hydrogen-bond acceptors (Lipinski definition) is 5. The van der Waals surface area contributed by atoms with Crippen molar-refractivity contribution in [3.63, 3.8) is 0 Å². The molecule has 0 aliphatic rings. The molecule has 5 nitrogen and oxygen atoms in total. The predicted octanol–water partition coefficient (Wildman–Crippen LogP) is 2.88. The highest BCUT2D eigenvalue weighted by atomic mass is 19.4. The minimum atomic E-state index is -4.62. The average molecular weight is 285 g/mol. The van der Waals surface area contributed by atoms with Crippen molar-refractivity contribution >= 4 is 5.95 Å². The molecule has 2 N–H and O–H groups in total. The molecular formula is C12H10F3N3O2. The first kappa shape index (κ1) is 13.9. The van der Waals surface area contributed by atoms with Crippen LogP contribution in [0.3, 0.4) is 0 Å². The summed E-state index contributed by atoms with van der Waals surface area (Å²) >= 11 is 0. The van der Waals surface area contributed by atoms with Gasteiger partial charge in [-0.15, -0.1) is 0 Å². The molecule has 0 atom stereocenters. The fourth-order valence-electron chi connectivity index (χ4n) is 1.43. The van der Waals surface area contributed by atoms with Crippen molar-refractivity contribution in [2.24, 2.45) is 0 Å². The number of hydrogen-bond donors (Lipinski definition) is 1. The van der Waals surface area contributed by atoms with E-state index in [9.17, 15) is 13.2 Å². The van der Waals surface area contributed by atoms with E-state index in [2.05, 4.69) is 9.97 Å². The number of nitrogens with zero attached hydrogens (tertiary/aromatic N) is 2. The number of ether oxygens (including phenoxy) is 2. The van der Waals surface area contributed by atoms with E-state index in [1.54, 1.807) is 18.2 Å². The van der Waals surface area contributed by atoms with Crippen LogP contribution < -0.4 is 15.2 Å². The van der Waals surface area contributed by atoms with Gasteiger partial charge in [-0.05, 0) is 12.1 Å². The number of benzene rings is 1. The molecule has 106 valence electrons. The lowest BCUT2D eigenvalue weighted by Crippen LogP contribution is -2.11. The standard InChI is InChI=1S/C12H10F3N3O2/c1-19-7-3-2-4-8(5-7)20-10-6-9(12(13,14)15)17-11(16)18-10/h2-6H,1H3,(H2,16,17,18). The summed E-state index contributed by atoms with van der Waals surface area (Å²) in [6.45, 7) is 0. The Labute approximate surface area is 112 Å². The van der Waals surface area contributed by atoms with E-state index < -0.39 is 17.8 Å². The van der Waals surface area contributed by atoms with Gasteiger partial charge in [0.15, 0.2) is 5.69 Å². The Morgan fingerprint density at radius 2 is 1.80 bits per heavy atom. The molecule has 0 aliphatic carbocycles. The van der Waals surface area contributed by atoms with Gasteiger partial charge < -0.3 is 15.2 Å². The Hall–Kier alpha value is -2.51. The largest absolute Gasteiger partial charge is 0.497 e. The molecule has 0 amide bonds. The second-order valence-electron chi connectivity index (χ2n) is 3.73. The average Bonchev–Trinajstić information content (AvgIpc) is 2.37. The van der Waals surface area contributed by atoms with Crippen LogP contribution in [0.5, 0.6) is 17.4 Å². The third kappa shape index (κ3) is 3.28. The monoisotopic (exact) mass is 285 g/mol. The summed E-state index contributed by atoms with van der Waals surface area (Å²) in [5, 5.41) is 0. The summed E-state index contributed by atoms with van der Waals surface area (Å²) in [5.74, 6) is -0.0352. The Morgan fingerprint density at radius 3 is 2.45 bits per heavy atom. The van der Waals surface area contributed by atoms with Crippen LogP contribution in [-0.2, 0) is 6.18 Å². The molecule has 1 aromatic carbocycles. The van der Waals surface area contributed by atoms with Crippen molar-refractivity contribution in [2.45, 2.75) is 6.18 Å². The van der Waals surface area contributed by atoms with Gasteiger partial charge >= 0.3 is 6.18 Å². The second kappa shape index (κ2) is 5.24. The first-order valence-electron chi connectivity index (χ1n) is 5.42. The quantitative estimate of drug-likeness (QED) is 0.939. The van der Waals surface area contributed by atoms with Crippen molar-refractivity contribution in [1.82, 2.24) is 9.97 Å². The molecule has 8 heteroatoms. The molecule has 2 aromatic rings. The maximum atomic E-state index is 12.6. The zero-order valence-electron chi connectivity index (χ0n) is 10.3. The molecule has 0 aliphatic heterocycles. The van der Waals surface area contributed by atoms with E-state index in [1.165, 1.54) is 13.2 Å². The maximum absolute atomic E-state index is 12.6. The number of nitrogen functional groups attached to an aromatic ring is 1. The lowest BCUT2D eigenvalue weighted by Gasteiger charge is -2.10. The summed E-state index contributed by atoms with van der Waals surface area (Å²) in [6.07, 6.45) is -4.62. The first-order chi connectivity index (χ1) is 9.38. The van der Waals surface area contributed by atoms with Crippen molar-refractivity contribution in [3.05, 3.63) is 36.0 Å². The van der Waals surface area contributed by atoms with Gasteiger partial charge in [0.05, 0.1) is 7.11 Å². The fraction of sp³-hybridized carbons (Fsp3) is 0.167. The van der Waals surface area contributed by atoms with Crippen LogP contribution in [0, 0.1) is 0 Å². The van der Waals surface area contributed by atoms with Crippen LogP contribution in [0.1, 0.15) is 5.69 Å². The van der Waals surface area contributed by atoms with E-state index in [-0.39, 0.29) is 11.6 Å². The van der Waals surface area contributed by atoms with Gasteiger partial charge in [-0.2, -0.15) is 18.2 Å². The second-order valence-corrected chi connectivity index (χ2v) is 3.73. The molecule has 1 aromatic heterocycles. The van der Waals surface area contributed by atoms with Gasteiger partial charge in [0.25, 0.3) is 0 Å². The van der Waals surface area contributed by atoms with E-state index in [0.717, 1.165) is 0 Å². The zero-order chi connectivity index (χ0) is 14.8. The Bertz CT molecular complexity index is 617. The van der Waals surface area contributed by atoms with Crippen LogP contribution in [-0.4, -0.2) is 17.1 Å². The van der Waals surface area contributed by atoms with E-state index >= 15 is 0 Å². The zero-order valence-corrected chi connectivity index (χ0v) is 10.3. The van der Waals surface area contributed by atoms with Crippen molar-refractivity contribution in [3.8, 4) is 17.4 Å². The molecule has 0 spiro atoms. The normalized spacial score (nSPS) is 11.2. The Morgan fingerprint density at radius 1 is 1.10 bits per heavy atom. The van der Waals surface area contributed by atoms with E-state index in [0.29, 0.717) is 11.8 Å². The minimum Gasteiger partial charge on any atom is -0.497 e. The molecule has 0 saturated heterocycles. The number of aromatic nitrogens is 2. The fourth-order valence-corrected chi connectivity index (χ4v) is 1.43. The maximum Gasteiger partial charge on any atom is 0.433 e. The molecule has 0 bridgehead atoms. The number of rotatable bonds is 3.